The SMILES string of the molecule is CC(C)(C)OC(=O)Nc1ccccc1CC[C@@H]1CN(C(=O)O)C[C@@H](CO)O1. The zero-order chi connectivity index (χ0) is 20.0. The first-order chi connectivity index (χ1) is 12.7. The fourth-order valence-corrected chi connectivity index (χ4v) is 2.93. The number of carboxylic acid groups (broad SMARTS) is 1. The standard InChI is InChI=1S/C19H28N2O6/c1-19(2,3)27-17(23)20-16-7-5-4-6-13(16)8-9-14-10-21(18(24)25)11-15(12-22)26-14/h4-7,14-15,22H,8-12H2,1-3H3,(H,20,23)(H,24,25)/t14-,15+/m1/s1. The van der Waals surface area contributed by atoms with Gasteiger partial charge in [-0.25, -0.2) is 9.59 Å². The molecule has 2 rings (SSSR count). The summed E-state index contributed by atoms with van der Waals surface area (Å²) in [5.41, 5.74) is 0.963. The summed E-state index contributed by atoms with van der Waals surface area (Å²) in [5, 5.41) is 21.3. The van der Waals surface area contributed by atoms with Gasteiger partial charge in [-0.2, -0.15) is 0 Å². The van der Waals surface area contributed by atoms with Crippen LogP contribution < -0.4 is 5.32 Å². The number of benzene rings is 1. The highest BCUT2D eigenvalue weighted by atomic mass is 16.6. The predicted octanol–water partition coefficient (Wildman–Crippen LogP) is 2.71. The maximum atomic E-state index is 12.0. The molecular weight excluding hydrogens is 352 g/mol. The molecule has 8 nitrogen and oxygen atoms in total. The van der Waals surface area contributed by atoms with Crippen LogP contribution in [0.15, 0.2) is 24.3 Å². The maximum absolute atomic E-state index is 12.0. The molecule has 3 N–H and O–H groups in total. The molecular formula is C19H28N2O6. The van der Waals surface area contributed by atoms with Gasteiger partial charge in [0, 0.05) is 5.69 Å². The molecule has 1 aliphatic heterocycles. The van der Waals surface area contributed by atoms with E-state index in [0.717, 1.165) is 5.56 Å². The van der Waals surface area contributed by atoms with E-state index in [0.29, 0.717) is 18.5 Å². The minimum Gasteiger partial charge on any atom is -0.465 e. The molecule has 150 valence electrons. The number of aliphatic hydroxyl groups excluding tert-OH is 1. The molecule has 1 fully saturated rings. The van der Waals surface area contributed by atoms with Crippen molar-refractivity contribution >= 4 is 17.9 Å². The Balaban J connectivity index is 1.99. The highest BCUT2D eigenvalue weighted by Gasteiger charge is 2.30. The molecule has 0 unspecified atom stereocenters. The van der Waals surface area contributed by atoms with Gasteiger partial charge in [0.2, 0.25) is 0 Å². The topological polar surface area (TPSA) is 108 Å². The minimum atomic E-state index is -1.02. The van der Waals surface area contributed by atoms with Gasteiger partial charge in [-0.05, 0) is 45.2 Å². The second-order valence-corrected chi connectivity index (χ2v) is 7.57. The molecule has 1 aromatic rings. The normalized spacial score (nSPS) is 20.2. The largest absolute Gasteiger partial charge is 0.465 e. The average Bonchev–Trinajstić information content (AvgIpc) is 2.59. The fourth-order valence-electron chi connectivity index (χ4n) is 2.93. The highest BCUT2D eigenvalue weighted by Crippen LogP contribution is 2.22. The summed E-state index contributed by atoms with van der Waals surface area (Å²) in [4.78, 5) is 24.5. The molecule has 0 bridgehead atoms. The number of morpholine rings is 1. The van der Waals surface area contributed by atoms with Gasteiger partial charge in [-0.3, -0.25) is 5.32 Å². The van der Waals surface area contributed by atoms with Crippen molar-refractivity contribution in [3.05, 3.63) is 29.8 Å². The molecule has 2 amide bonds. The second-order valence-electron chi connectivity index (χ2n) is 7.57. The van der Waals surface area contributed by atoms with Crippen molar-refractivity contribution in [2.45, 2.75) is 51.4 Å². The van der Waals surface area contributed by atoms with Crippen molar-refractivity contribution in [1.29, 1.82) is 0 Å². The summed E-state index contributed by atoms with van der Waals surface area (Å²) in [6.07, 6.45) is -1.23. The Kier molecular flexibility index (Phi) is 7.04. The number of amides is 2. The molecule has 0 aliphatic carbocycles. The number of aliphatic hydroxyl groups is 1. The van der Waals surface area contributed by atoms with Gasteiger partial charge < -0.3 is 24.6 Å². The van der Waals surface area contributed by atoms with Crippen LogP contribution in [0.4, 0.5) is 15.3 Å². The molecule has 8 heteroatoms. The summed E-state index contributed by atoms with van der Waals surface area (Å²) in [6, 6.07) is 7.38. The Morgan fingerprint density at radius 2 is 1.93 bits per heavy atom. The van der Waals surface area contributed by atoms with Gasteiger partial charge in [0.1, 0.15) is 5.60 Å². The van der Waals surface area contributed by atoms with E-state index in [1.54, 1.807) is 26.8 Å². The van der Waals surface area contributed by atoms with E-state index < -0.39 is 23.9 Å². The van der Waals surface area contributed by atoms with Crippen LogP contribution in [0, 0.1) is 0 Å². The molecule has 2 atom stereocenters. The van der Waals surface area contributed by atoms with Crippen molar-refractivity contribution in [1.82, 2.24) is 4.90 Å². The van der Waals surface area contributed by atoms with Gasteiger partial charge in [-0.15, -0.1) is 0 Å². The van der Waals surface area contributed by atoms with Crippen LogP contribution in [0.25, 0.3) is 0 Å². The Labute approximate surface area is 159 Å². The van der Waals surface area contributed by atoms with Crippen LogP contribution in [-0.4, -0.2) is 64.8 Å². The van der Waals surface area contributed by atoms with Crippen molar-refractivity contribution < 1.29 is 29.3 Å². The zero-order valence-electron chi connectivity index (χ0n) is 16.0. The van der Waals surface area contributed by atoms with E-state index in [1.807, 2.05) is 18.2 Å². The summed E-state index contributed by atoms with van der Waals surface area (Å²) in [6.45, 7) is 5.59. The van der Waals surface area contributed by atoms with Crippen molar-refractivity contribution in [3.8, 4) is 0 Å². The number of anilines is 1. The lowest BCUT2D eigenvalue weighted by Gasteiger charge is -2.36. The smallest absolute Gasteiger partial charge is 0.412 e. The second kappa shape index (κ2) is 9.05. The number of nitrogens with zero attached hydrogens (tertiary/aromatic N) is 1. The Bertz CT molecular complexity index is 658. The van der Waals surface area contributed by atoms with Crippen LogP contribution in [0.2, 0.25) is 0 Å². The number of nitrogens with one attached hydrogen (secondary N) is 1. The zero-order valence-corrected chi connectivity index (χ0v) is 16.0. The van der Waals surface area contributed by atoms with Crippen LogP contribution in [0.5, 0.6) is 0 Å². The van der Waals surface area contributed by atoms with Gasteiger partial charge in [0.25, 0.3) is 0 Å². The van der Waals surface area contributed by atoms with E-state index in [-0.39, 0.29) is 25.8 Å². The van der Waals surface area contributed by atoms with E-state index in [1.165, 1.54) is 4.90 Å². The Morgan fingerprint density at radius 1 is 1.26 bits per heavy atom. The lowest BCUT2D eigenvalue weighted by molar-refractivity contribution is -0.0973. The van der Waals surface area contributed by atoms with E-state index >= 15 is 0 Å². The quantitative estimate of drug-likeness (QED) is 0.725. The first-order valence-electron chi connectivity index (χ1n) is 9.00. The van der Waals surface area contributed by atoms with Gasteiger partial charge >= 0.3 is 12.2 Å². The van der Waals surface area contributed by atoms with Crippen molar-refractivity contribution in [3.63, 3.8) is 0 Å². The third-order valence-electron chi connectivity index (χ3n) is 4.10. The molecule has 0 saturated carbocycles. The average molecular weight is 380 g/mol. The molecule has 0 spiro atoms. The number of carbonyl (C=O) groups is 2. The molecule has 1 heterocycles. The van der Waals surface area contributed by atoms with Gasteiger partial charge in [-0.1, -0.05) is 18.2 Å². The lowest BCUT2D eigenvalue weighted by atomic mass is 10.0. The van der Waals surface area contributed by atoms with Crippen molar-refractivity contribution in [2.24, 2.45) is 0 Å². The first-order valence-corrected chi connectivity index (χ1v) is 9.00. The Hall–Kier alpha value is -2.32. The molecule has 1 aliphatic rings. The number of aryl methyl sites for hydroxylation is 1. The Morgan fingerprint density at radius 3 is 2.56 bits per heavy atom. The predicted molar refractivity (Wildman–Crippen MR) is 100.0 cm³/mol. The minimum absolute atomic E-state index is 0.166. The number of hydrogen-bond acceptors (Lipinski definition) is 5. The highest BCUT2D eigenvalue weighted by molar-refractivity contribution is 5.85. The molecule has 1 aromatic carbocycles. The summed E-state index contributed by atoms with van der Waals surface area (Å²) in [5.74, 6) is 0. The van der Waals surface area contributed by atoms with E-state index in [2.05, 4.69) is 5.32 Å². The summed E-state index contributed by atoms with van der Waals surface area (Å²) < 4.78 is 11.0. The number of rotatable bonds is 5. The number of hydrogen-bond donors (Lipinski definition) is 3. The summed E-state index contributed by atoms with van der Waals surface area (Å²) >= 11 is 0. The first kappa shape index (κ1) is 21.0. The van der Waals surface area contributed by atoms with Crippen LogP contribution >= 0.6 is 0 Å². The molecule has 27 heavy (non-hydrogen) atoms. The molecule has 0 aromatic heterocycles. The summed E-state index contributed by atoms with van der Waals surface area (Å²) in [7, 11) is 0. The molecule has 0 radical (unpaired) electrons. The maximum Gasteiger partial charge on any atom is 0.412 e. The van der Waals surface area contributed by atoms with Gasteiger partial charge in [0.15, 0.2) is 0 Å². The lowest BCUT2D eigenvalue weighted by Crippen LogP contribution is -2.50. The number of para-hydroxylation sites is 1. The third-order valence-corrected chi connectivity index (χ3v) is 4.10. The number of ether oxygens (including phenoxy) is 2. The van der Waals surface area contributed by atoms with Crippen LogP contribution in [0.3, 0.4) is 0 Å². The van der Waals surface area contributed by atoms with Gasteiger partial charge in [0.05, 0.1) is 31.9 Å². The van der Waals surface area contributed by atoms with Crippen LogP contribution in [-0.2, 0) is 15.9 Å². The third kappa shape index (κ3) is 6.73. The fraction of sp³-hybridized carbons (Fsp3) is 0.579. The van der Waals surface area contributed by atoms with Crippen molar-refractivity contribution in [2.75, 3.05) is 25.0 Å². The van der Waals surface area contributed by atoms with Crippen LogP contribution in [0.1, 0.15) is 32.8 Å². The van der Waals surface area contributed by atoms with E-state index in [4.69, 9.17) is 9.47 Å². The number of carbonyl (C=O) groups excluding carboxylic acids is 1. The monoisotopic (exact) mass is 380 g/mol. The molecule has 1 saturated heterocycles. The van der Waals surface area contributed by atoms with E-state index in [9.17, 15) is 19.8 Å².